The van der Waals surface area contributed by atoms with E-state index in [1.807, 2.05) is 30.5 Å². The maximum absolute atomic E-state index is 12.3. The van der Waals surface area contributed by atoms with E-state index >= 15 is 0 Å². The molecule has 0 aliphatic heterocycles. The first-order chi connectivity index (χ1) is 14.0. The summed E-state index contributed by atoms with van der Waals surface area (Å²) in [5.41, 5.74) is 2.48. The van der Waals surface area contributed by atoms with Gasteiger partial charge in [0, 0.05) is 35.7 Å². The smallest absolute Gasteiger partial charge is 0.269 e. The highest BCUT2D eigenvalue weighted by atomic mass is 16.6. The Morgan fingerprint density at radius 1 is 1.17 bits per heavy atom. The maximum atomic E-state index is 12.3. The largest absolute Gasteiger partial charge is 0.394 e. The first-order valence-corrected chi connectivity index (χ1v) is 9.37. The third kappa shape index (κ3) is 4.98. The number of para-hydroxylation sites is 1. The summed E-state index contributed by atoms with van der Waals surface area (Å²) >= 11 is 0. The molecule has 0 radical (unpaired) electrons. The van der Waals surface area contributed by atoms with Crippen molar-refractivity contribution in [3.63, 3.8) is 0 Å². The van der Waals surface area contributed by atoms with E-state index in [1.165, 1.54) is 24.3 Å². The molecule has 0 bridgehead atoms. The van der Waals surface area contributed by atoms with Crippen molar-refractivity contribution in [3.8, 4) is 0 Å². The highest BCUT2D eigenvalue weighted by molar-refractivity contribution is 5.83. The Labute approximate surface area is 167 Å². The third-order valence-corrected chi connectivity index (χ3v) is 4.89. The van der Waals surface area contributed by atoms with Crippen molar-refractivity contribution < 1.29 is 19.9 Å². The monoisotopic (exact) mass is 397 g/mol. The summed E-state index contributed by atoms with van der Waals surface area (Å²) in [6.45, 7) is -0.452. The second-order valence-corrected chi connectivity index (χ2v) is 6.86. The molecule has 1 aromatic heterocycles. The summed E-state index contributed by atoms with van der Waals surface area (Å²) in [6, 6.07) is 12.4. The number of hydrogen-bond donors (Lipinski definition) is 4. The summed E-state index contributed by atoms with van der Waals surface area (Å²) in [5.74, 6) is -0.273. The number of aromatic nitrogens is 1. The number of aromatic amines is 1. The lowest BCUT2D eigenvalue weighted by Crippen LogP contribution is -2.41. The van der Waals surface area contributed by atoms with Crippen molar-refractivity contribution in [1.82, 2.24) is 10.3 Å². The zero-order chi connectivity index (χ0) is 20.8. The van der Waals surface area contributed by atoms with Crippen molar-refractivity contribution >= 4 is 22.5 Å². The number of fused-ring (bicyclic) bond motifs is 1. The van der Waals surface area contributed by atoms with Gasteiger partial charge in [0.25, 0.3) is 5.69 Å². The number of nitrogens with one attached hydrogen (secondary N) is 2. The SMILES string of the molecule is O=C(CCCc1c[nH]c2ccccc12)NC(CO)C(O)c1ccc([N+](=O)[O-])cc1. The Balaban J connectivity index is 1.53. The second kappa shape index (κ2) is 9.31. The quantitative estimate of drug-likeness (QED) is 0.326. The summed E-state index contributed by atoms with van der Waals surface area (Å²) in [6.07, 6.45) is 2.38. The Hall–Kier alpha value is -3.23. The van der Waals surface area contributed by atoms with Crippen molar-refractivity contribution in [2.24, 2.45) is 0 Å². The fourth-order valence-electron chi connectivity index (χ4n) is 3.31. The van der Waals surface area contributed by atoms with Crippen molar-refractivity contribution in [1.29, 1.82) is 0 Å². The number of aliphatic hydroxyl groups is 2. The summed E-state index contributed by atoms with van der Waals surface area (Å²) < 4.78 is 0. The number of nitro groups is 1. The molecule has 0 fully saturated rings. The molecule has 0 spiro atoms. The summed E-state index contributed by atoms with van der Waals surface area (Å²) in [7, 11) is 0. The van der Waals surface area contributed by atoms with Crippen LogP contribution in [-0.2, 0) is 11.2 Å². The Kier molecular flexibility index (Phi) is 6.58. The number of hydrogen-bond acceptors (Lipinski definition) is 5. The predicted octanol–water partition coefficient (Wildman–Crippen LogP) is 2.61. The van der Waals surface area contributed by atoms with E-state index in [0.29, 0.717) is 12.0 Å². The lowest BCUT2D eigenvalue weighted by Gasteiger charge is -2.22. The Bertz CT molecular complexity index is 983. The molecule has 2 aromatic carbocycles. The van der Waals surface area contributed by atoms with E-state index in [1.54, 1.807) is 0 Å². The zero-order valence-corrected chi connectivity index (χ0v) is 15.7. The van der Waals surface area contributed by atoms with E-state index < -0.39 is 23.7 Å². The Morgan fingerprint density at radius 3 is 2.59 bits per heavy atom. The minimum atomic E-state index is -1.17. The van der Waals surface area contributed by atoms with Gasteiger partial charge in [-0.05, 0) is 42.2 Å². The third-order valence-electron chi connectivity index (χ3n) is 4.89. The van der Waals surface area contributed by atoms with Crippen LogP contribution in [0, 0.1) is 10.1 Å². The highest BCUT2D eigenvalue weighted by Crippen LogP contribution is 2.21. The van der Waals surface area contributed by atoms with Crippen molar-refractivity contribution in [2.45, 2.75) is 31.4 Å². The number of nitro benzene ring substituents is 1. The van der Waals surface area contributed by atoms with E-state index in [4.69, 9.17) is 0 Å². The van der Waals surface area contributed by atoms with Gasteiger partial charge < -0.3 is 20.5 Å². The molecular formula is C21H23N3O5. The van der Waals surface area contributed by atoms with Crippen LogP contribution in [0.5, 0.6) is 0 Å². The fourth-order valence-corrected chi connectivity index (χ4v) is 3.31. The summed E-state index contributed by atoms with van der Waals surface area (Å²) in [5, 5.41) is 34.5. The molecular weight excluding hydrogens is 374 g/mol. The molecule has 0 saturated carbocycles. The van der Waals surface area contributed by atoms with Gasteiger partial charge >= 0.3 is 0 Å². The van der Waals surface area contributed by atoms with Crippen LogP contribution in [0.15, 0.2) is 54.7 Å². The van der Waals surface area contributed by atoms with Crippen LogP contribution in [0.25, 0.3) is 10.9 Å². The van der Waals surface area contributed by atoms with E-state index in [0.717, 1.165) is 22.9 Å². The molecule has 29 heavy (non-hydrogen) atoms. The number of nitrogens with zero attached hydrogens (tertiary/aromatic N) is 1. The van der Waals surface area contributed by atoms with Crippen LogP contribution >= 0.6 is 0 Å². The number of non-ortho nitro benzene ring substituents is 1. The molecule has 0 aliphatic rings. The lowest BCUT2D eigenvalue weighted by atomic mass is 10.0. The lowest BCUT2D eigenvalue weighted by molar-refractivity contribution is -0.384. The minimum Gasteiger partial charge on any atom is -0.394 e. The number of amides is 1. The van der Waals surface area contributed by atoms with Gasteiger partial charge in [-0.3, -0.25) is 14.9 Å². The van der Waals surface area contributed by atoms with Gasteiger partial charge in [0.1, 0.15) is 6.10 Å². The molecule has 0 aliphatic carbocycles. The molecule has 0 saturated heterocycles. The first kappa shape index (κ1) is 20.5. The number of aryl methyl sites for hydroxylation is 1. The number of rotatable bonds is 9. The average Bonchev–Trinajstić information content (AvgIpc) is 3.15. The van der Waals surface area contributed by atoms with Crippen LogP contribution in [0.1, 0.15) is 30.1 Å². The number of benzene rings is 2. The van der Waals surface area contributed by atoms with Crippen molar-refractivity contribution in [3.05, 3.63) is 76.0 Å². The van der Waals surface area contributed by atoms with Crippen LogP contribution in [0.4, 0.5) is 5.69 Å². The number of H-pyrrole nitrogens is 1. The van der Waals surface area contributed by atoms with Gasteiger partial charge in [0.2, 0.25) is 5.91 Å². The molecule has 1 heterocycles. The van der Waals surface area contributed by atoms with Gasteiger partial charge in [0.15, 0.2) is 0 Å². The highest BCUT2D eigenvalue weighted by Gasteiger charge is 2.22. The minimum absolute atomic E-state index is 0.0946. The molecule has 4 N–H and O–H groups in total. The molecule has 8 nitrogen and oxygen atoms in total. The van der Waals surface area contributed by atoms with Crippen LogP contribution in [0.3, 0.4) is 0 Å². The normalized spacial score (nSPS) is 13.2. The number of carbonyl (C=O) groups excluding carboxylic acids is 1. The molecule has 2 unspecified atom stereocenters. The Morgan fingerprint density at radius 2 is 1.90 bits per heavy atom. The molecule has 2 atom stereocenters. The van der Waals surface area contributed by atoms with Crippen LogP contribution in [-0.4, -0.2) is 38.7 Å². The van der Waals surface area contributed by atoms with Gasteiger partial charge in [-0.1, -0.05) is 18.2 Å². The first-order valence-electron chi connectivity index (χ1n) is 9.37. The van der Waals surface area contributed by atoms with Gasteiger partial charge in [0.05, 0.1) is 17.6 Å². The molecule has 152 valence electrons. The van der Waals surface area contributed by atoms with Gasteiger partial charge in [-0.25, -0.2) is 0 Å². The average molecular weight is 397 g/mol. The van der Waals surface area contributed by atoms with E-state index in [9.17, 15) is 25.1 Å². The van der Waals surface area contributed by atoms with E-state index in [-0.39, 0.29) is 18.0 Å². The molecule has 3 aromatic rings. The molecule has 1 amide bonds. The predicted molar refractivity (Wildman–Crippen MR) is 108 cm³/mol. The zero-order valence-electron chi connectivity index (χ0n) is 15.7. The molecule has 8 heteroatoms. The van der Waals surface area contributed by atoms with Gasteiger partial charge in [-0.15, -0.1) is 0 Å². The fraction of sp³-hybridized carbons (Fsp3) is 0.286. The second-order valence-electron chi connectivity index (χ2n) is 6.86. The van der Waals surface area contributed by atoms with E-state index in [2.05, 4.69) is 10.3 Å². The summed E-state index contributed by atoms with van der Waals surface area (Å²) in [4.78, 5) is 25.6. The van der Waals surface area contributed by atoms with Crippen LogP contribution < -0.4 is 5.32 Å². The standard InChI is InChI=1S/C21H23N3O5/c25-13-19(21(27)14-8-10-16(11-9-14)24(28)29)23-20(26)7-3-4-15-12-22-18-6-2-1-5-17(15)18/h1-2,5-6,8-12,19,21-22,25,27H,3-4,7,13H2,(H,23,26). The topological polar surface area (TPSA) is 128 Å². The number of aliphatic hydroxyl groups excluding tert-OH is 2. The van der Waals surface area contributed by atoms with Crippen LogP contribution in [0.2, 0.25) is 0 Å². The number of carbonyl (C=O) groups is 1. The van der Waals surface area contributed by atoms with Gasteiger partial charge in [-0.2, -0.15) is 0 Å². The maximum Gasteiger partial charge on any atom is 0.269 e. The molecule has 3 rings (SSSR count). The van der Waals surface area contributed by atoms with Crippen molar-refractivity contribution in [2.75, 3.05) is 6.61 Å².